The Morgan fingerprint density at radius 1 is 0.881 bits per heavy atom. The summed E-state index contributed by atoms with van der Waals surface area (Å²) in [6.45, 7) is 5.45. The molecule has 0 spiro atoms. The van der Waals surface area contributed by atoms with Crippen LogP contribution in [0.4, 0.5) is 0 Å². The molecule has 2 aromatic carbocycles. The molecule has 1 heterocycles. The lowest BCUT2D eigenvalue weighted by molar-refractivity contribution is -0.306. The molecule has 2 saturated carbocycles. The van der Waals surface area contributed by atoms with E-state index in [9.17, 15) is 24.6 Å². The molecule has 8 nitrogen and oxygen atoms in total. The van der Waals surface area contributed by atoms with Gasteiger partial charge in [0.05, 0.1) is 17.4 Å². The van der Waals surface area contributed by atoms with Gasteiger partial charge >= 0.3 is 17.9 Å². The molecule has 3 aliphatic carbocycles. The van der Waals surface area contributed by atoms with Gasteiger partial charge in [-0.25, -0.2) is 9.59 Å². The third-order valence-electron chi connectivity index (χ3n) is 10.8. The molecule has 220 valence electrons. The van der Waals surface area contributed by atoms with Gasteiger partial charge in [-0.2, -0.15) is 0 Å². The fourth-order valence-corrected chi connectivity index (χ4v) is 8.41. The Bertz CT molecular complexity index is 1500. The normalized spacial score (nSPS) is 35.2. The first-order valence-electron chi connectivity index (χ1n) is 14.6. The monoisotopic (exact) mass is 572 g/mol. The lowest BCUT2D eigenvalue weighted by atomic mass is 9.39. The molecule has 8 heteroatoms. The summed E-state index contributed by atoms with van der Waals surface area (Å²) in [7, 11) is 0. The lowest BCUT2D eigenvalue weighted by Gasteiger charge is -2.67. The van der Waals surface area contributed by atoms with Crippen LogP contribution < -0.4 is 0 Å². The second-order valence-corrected chi connectivity index (χ2v) is 12.5. The zero-order chi connectivity index (χ0) is 29.9. The minimum atomic E-state index is -2.08. The van der Waals surface area contributed by atoms with E-state index in [0.717, 1.165) is 11.3 Å². The fraction of sp³-hybridized carbons (Fsp3) is 0.441. The van der Waals surface area contributed by atoms with E-state index >= 15 is 0 Å². The van der Waals surface area contributed by atoms with E-state index in [2.05, 4.69) is 6.92 Å². The number of fused-ring (bicyclic) bond motifs is 4. The van der Waals surface area contributed by atoms with Gasteiger partial charge in [-0.05, 0) is 79.8 Å². The summed E-state index contributed by atoms with van der Waals surface area (Å²) in [5.74, 6) is -1.91. The molecule has 8 atom stereocenters. The number of carbonyl (C=O) groups is 3. The van der Waals surface area contributed by atoms with E-state index in [-0.39, 0.29) is 36.2 Å². The van der Waals surface area contributed by atoms with Gasteiger partial charge in [0.2, 0.25) is 0 Å². The van der Waals surface area contributed by atoms with Gasteiger partial charge in [0.1, 0.15) is 29.0 Å². The highest BCUT2D eigenvalue weighted by Gasteiger charge is 2.77. The predicted molar refractivity (Wildman–Crippen MR) is 152 cm³/mol. The highest BCUT2D eigenvalue weighted by molar-refractivity contribution is 5.90. The number of aliphatic carboxylic acids is 1. The molecule has 3 aliphatic rings. The van der Waals surface area contributed by atoms with Crippen molar-refractivity contribution >= 4 is 17.9 Å². The maximum absolute atomic E-state index is 13.5. The number of hydrogen-bond donors (Lipinski definition) is 2. The maximum atomic E-state index is 13.5. The van der Waals surface area contributed by atoms with E-state index in [4.69, 9.17) is 13.9 Å². The quantitative estimate of drug-likeness (QED) is 0.376. The van der Waals surface area contributed by atoms with Crippen molar-refractivity contribution in [2.24, 2.45) is 22.7 Å². The summed E-state index contributed by atoms with van der Waals surface area (Å²) >= 11 is 0. The molecule has 3 aromatic rings. The Balaban J connectivity index is 1.46. The van der Waals surface area contributed by atoms with E-state index in [1.165, 1.54) is 6.92 Å². The zero-order valence-electron chi connectivity index (χ0n) is 24.0. The van der Waals surface area contributed by atoms with Crippen molar-refractivity contribution in [2.75, 3.05) is 0 Å². The topological polar surface area (TPSA) is 123 Å². The van der Waals surface area contributed by atoms with Crippen molar-refractivity contribution in [1.29, 1.82) is 0 Å². The van der Waals surface area contributed by atoms with Crippen LogP contribution in [-0.2, 0) is 20.7 Å². The predicted octanol–water partition coefficient (Wildman–Crippen LogP) is 5.65. The number of ether oxygens (including phenoxy) is 2. The molecular weight excluding hydrogens is 536 g/mol. The van der Waals surface area contributed by atoms with E-state index < -0.39 is 46.5 Å². The second kappa shape index (κ2) is 10.1. The molecule has 0 aliphatic heterocycles. The summed E-state index contributed by atoms with van der Waals surface area (Å²) in [4.78, 5) is 40.1. The largest absolute Gasteiger partial charge is 0.481 e. The zero-order valence-corrected chi connectivity index (χ0v) is 24.0. The third-order valence-corrected chi connectivity index (χ3v) is 10.8. The number of furan rings is 1. The van der Waals surface area contributed by atoms with Gasteiger partial charge in [0, 0.05) is 11.8 Å². The van der Waals surface area contributed by atoms with Crippen LogP contribution in [0.15, 0.2) is 77.4 Å². The number of carbonyl (C=O) groups excluding carboxylic acids is 2. The first-order chi connectivity index (χ1) is 20.0. The van der Waals surface area contributed by atoms with Crippen LogP contribution in [0.5, 0.6) is 0 Å². The summed E-state index contributed by atoms with van der Waals surface area (Å²) in [5.41, 5.74) is -3.42. The van der Waals surface area contributed by atoms with Gasteiger partial charge < -0.3 is 24.1 Å². The minimum absolute atomic E-state index is 0.00425. The summed E-state index contributed by atoms with van der Waals surface area (Å²) in [5, 5.41) is 24.0. The number of hydrogen-bond acceptors (Lipinski definition) is 7. The van der Waals surface area contributed by atoms with Gasteiger partial charge in [0.15, 0.2) is 0 Å². The Hall–Kier alpha value is -3.91. The van der Waals surface area contributed by atoms with Crippen molar-refractivity contribution in [3.05, 3.63) is 95.4 Å². The lowest BCUT2D eigenvalue weighted by Crippen LogP contribution is -2.78. The van der Waals surface area contributed by atoms with Gasteiger partial charge in [-0.1, -0.05) is 50.2 Å². The Labute approximate surface area is 244 Å². The molecular formula is C34H36O8. The highest BCUT2D eigenvalue weighted by Crippen LogP contribution is 2.68. The number of carboxylic acids is 1. The van der Waals surface area contributed by atoms with Crippen LogP contribution in [0.1, 0.15) is 78.0 Å². The third kappa shape index (κ3) is 3.95. The van der Waals surface area contributed by atoms with Crippen molar-refractivity contribution in [2.45, 2.75) is 70.2 Å². The molecule has 0 amide bonds. The van der Waals surface area contributed by atoms with Crippen molar-refractivity contribution in [1.82, 2.24) is 0 Å². The smallest absolute Gasteiger partial charge is 0.338 e. The van der Waals surface area contributed by atoms with Gasteiger partial charge in [0.25, 0.3) is 0 Å². The number of benzene rings is 2. The Kier molecular flexibility index (Phi) is 6.80. The minimum Gasteiger partial charge on any atom is -0.481 e. The number of esters is 2. The first kappa shape index (κ1) is 28.2. The molecule has 0 bridgehead atoms. The van der Waals surface area contributed by atoms with E-state index in [0.29, 0.717) is 18.4 Å². The number of rotatable bonds is 5. The highest BCUT2D eigenvalue weighted by atomic mass is 16.6. The van der Waals surface area contributed by atoms with Gasteiger partial charge in [-0.3, -0.25) is 4.79 Å². The van der Waals surface area contributed by atoms with E-state index in [1.54, 1.807) is 66.9 Å². The van der Waals surface area contributed by atoms with Crippen molar-refractivity contribution < 1.29 is 38.5 Å². The Morgan fingerprint density at radius 3 is 2.02 bits per heavy atom. The first-order valence-corrected chi connectivity index (χ1v) is 14.6. The number of carboxylic acid groups (broad SMARTS) is 1. The molecule has 6 rings (SSSR count). The molecule has 1 aromatic heterocycles. The Morgan fingerprint density at radius 2 is 1.45 bits per heavy atom. The van der Waals surface area contributed by atoms with Crippen LogP contribution in [0.2, 0.25) is 0 Å². The van der Waals surface area contributed by atoms with Crippen LogP contribution in [0.25, 0.3) is 0 Å². The average molecular weight is 573 g/mol. The standard InChI is InChI=1S/C34H36O8/c1-20-23-15-17-40-26(23)19-25-24(20)18-28(42-30(36)22-12-8-5-9-13-22)34(39)32(25,2)16-14-27(33(34,3)31(37)38)41-29(35)21-10-6-4-7-11-21/h4-13,15,17,20,24-25,27-28,39H,14,16,18-19H2,1-3H3,(H,37,38). The number of aliphatic hydroxyl groups is 1. The van der Waals surface area contributed by atoms with Crippen LogP contribution in [0.3, 0.4) is 0 Å². The van der Waals surface area contributed by atoms with Crippen LogP contribution in [0, 0.1) is 22.7 Å². The molecule has 0 radical (unpaired) electrons. The molecule has 42 heavy (non-hydrogen) atoms. The molecule has 0 saturated heterocycles. The second-order valence-electron chi connectivity index (χ2n) is 12.5. The van der Waals surface area contributed by atoms with Crippen molar-refractivity contribution in [3.8, 4) is 0 Å². The van der Waals surface area contributed by atoms with Crippen LogP contribution in [-0.4, -0.2) is 45.9 Å². The van der Waals surface area contributed by atoms with Crippen LogP contribution >= 0.6 is 0 Å². The van der Waals surface area contributed by atoms with Crippen molar-refractivity contribution in [3.63, 3.8) is 0 Å². The van der Waals surface area contributed by atoms with Gasteiger partial charge in [-0.15, -0.1) is 0 Å². The molecule has 2 fully saturated rings. The summed E-state index contributed by atoms with van der Waals surface area (Å²) in [6, 6.07) is 18.8. The van der Waals surface area contributed by atoms with E-state index in [1.807, 2.05) is 13.0 Å². The summed E-state index contributed by atoms with van der Waals surface area (Å²) < 4.78 is 17.9. The maximum Gasteiger partial charge on any atom is 0.338 e. The summed E-state index contributed by atoms with van der Waals surface area (Å²) in [6.07, 6.45) is 0.691. The average Bonchev–Trinajstić information content (AvgIpc) is 3.47. The fourth-order valence-electron chi connectivity index (χ4n) is 8.41. The SMILES string of the molecule is CC1c2ccoc2CC2C1CC(OC(=O)c1ccccc1)C1(O)C2(C)CCC(OC(=O)c2ccccc2)C1(C)C(=O)O. The molecule has 8 unspecified atom stereocenters. The molecule has 2 N–H and O–H groups in total.